The van der Waals surface area contributed by atoms with Gasteiger partial charge < -0.3 is 14.8 Å². The van der Waals surface area contributed by atoms with Crippen molar-refractivity contribution in [3.63, 3.8) is 0 Å². The van der Waals surface area contributed by atoms with Gasteiger partial charge in [0.2, 0.25) is 0 Å². The van der Waals surface area contributed by atoms with Crippen LogP contribution in [0.1, 0.15) is 5.56 Å². The fraction of sp³-hybridized carbons (Fsp3) is 0.118. The molecular weight excluding hydrogens is 420 g/mol. The summed E-state index contributed by atoms with van der Waals surface area (Å²) in [6.45, 7) is 0. The summed E-state index contributed by atoms with van der Waals surface area (Å²) in [5.41, 5.74) is 4.62. The molecule has 0 saturated carbocycles. The van der Waals surface area contributed by atoms with E-state index in [4.69, 9.17) is 4.74 Å². The van der Waals surface area contributed by atoms with Crippen LogP contribution < -0.4 is 10.2 Å². The van der Waals surface area contributed by atoms with E-state index in [0.29, 0.717) is 16.5 Å². The van der Waals surface area contributed by atoms with E-state index < -0.39 is 0 Å². The number of aromatic nitrogens is 2. The standard InChI is InChI=1S/C17H15BrN4O3S/c1-25-14-7-11(18)6-10(16(14)24)8-19-22-15(23)9-26-17-20-12-4-2-3-5-13(12)21-17/h2-8,24H,9H2,1H3,(H,20,21)(H,22,23)/b19-8+. The Bertz CT molecular complexity index is 941. The lowest BCUT2D eigenvalue weighted by Gasteiger charge is -2.06. The number of hydrogen-bond acceptors (Lipinski definition) is 6. The molecule has 2 aromatic carbocycles. The molecule has 0 atom stereocenters. The van der Waals surface area contributed by atoms with Gasteiger partial charge in [-0.25, -0.2) is 10.4 Å². The number of hydrazone groups is 1. The number of H-pyrrole nitrogens is 1. The minimum atomic E-state index is -0.284. The molecule has 0 aliphatic heterocycles. The maximum absolute atomic E-state index is 11.9. The topological polar surface area (TPSA) is 99.6 Å². The summed E-state index contributed by atoms with van der Waals surface area (Å²) in [4.78, 5) is 19.4. The van der Waals surface area contributed by atoms with Gasteiger partial charge in [-0.05, 0) is 24.3 Å². The number of carbonyl (C=O) groups is 1. The highest BCUT2D eigenvalue weighted by atomic mass is 79.9. The first kappa shape index (κ1) is 18.3. The van der Waals surface area contributed by atoms with E-state index >= 15 is 0 Å². The molecule has 0 spiro atoms. The van der Waals surface area contributed by atoms with E-state index in [2.05, 4.69) is 36.4 Å². The Hall–Kier alpha value is -2.52. The van der Waals surface area contributed by atoms with Gasteiger partial charge in [0.1, 0.15) is 0 Å². The monoisotopic (exact) mass is 434 g/mol. The first-order chi connectivity index (χ1) is 12.6. The predicted octanol–water partition coefficient (Wildman–Crippen LogP) is 3.28. The molecule has 0 aliphatic carbocycles. The van der Waals surface area contributed by atoms with Crippen molar-refractivity contribution in [3.05, 3.63) is 46.4 Å². The number of methoxy groups -OCH3 is 1. The molecule has 1 heterocycles. The molecule has 0 radical (unpaired) electrons. The summed E-state index contributed by atoms with van der Waals surface area (Å²) in [5.74, 6) is 0.136. The van der Waals surface area contributed by atoms with Crippen molar-refractivity contribution >= 4 is 50.8 Å². The van der Waals surface area contributed by atoms with Gasteiger partial charge in [-0.1, -0.05) is 39.8 Å². The van der Waals surface area contributed by atoms with E-state index in [1.165, 1.54) is 25.1 Å². The zero-order valence-electron chi connectivity index (χ0n) is 13.7. The molecule has 26 heavy (non-hydrogen) atoms. The number of ether oxygens (including phenoxy) is 1. The number of phenols is 1. The van der Waals surface area contributed by atoms with Gasteiger partial charge in [-0.2, -0.15) is 5.10 Å². The van der Waals surface area contributed by atoms with Crippen LogP contribution in [0.3, 0.4) is 0 Å². The molecule has 0 aliphatic rings. The molecule has 0 bridgehead atoms. The van der Waals surface area contributed by atoms with Gasteiger partial charge >= 0.3 is 0 Å². The van der Waals surface area contributed by atoms with Crippen LogP contribution >= 0.6 is 27.7 Å². The van der Waals surface area contributed by atoms with Gasteiger partial charge in [0, 0.05) is 10.0 Å². The number of hydrogen-bond donors (Lipinski definition) is 3. The highest BCUT2D eigenvalue weighted by Crippen LogP contribution is 2.32. The third-order valence-electron chi connectivity index (χ3n) is 3.39. The minimum absolute atomic E-state index is 0.0506. The van der Waals surface area contributed by atoms with Crippen molar-refractivity contribution in [2.24, 2.45) is 5.10 Å². The number of nitrogens with one attached hydrogen (secondary N) is 2. The molecule has 0 saturated heterocycles. The van der Waals surface area contributed by atoms with Crippen molar-refractivity contribution in [1.29, 1.82) is 0 Å². The Morgan fingerprint density at radius 1 is 1.46 bits per heavy atom. The van der Waals surface area contributed by atoms with Gasteiger partial charge in [-0.15, -0.1) is 0 Å². The second-order valence-corrected chi connectivity index (χ2v) is 7.07. The molecule has 0 unspecified atom stereocenters. The van der Waals surface area contributed by atoms with Gasteiger partial charge in [-0.3, -0.25) is 4.79 Å². The summed E-state index contributed by atoms with van der Waals surface area (Å²) in [6.07, 6.45) is 1.35. The van der Waals surface area contributed by atoms with Crippen molar-refractivity contribution in [1.82, 2.24) is 15.4 Å². The van der Waals surface area contributed by atoms with Crippen molar-refractivity contribution in [2.45, 2.75) is 5.16 Å². The third-order valence-corrected chi connectivity index (χ3v) is 4.72. The van der Waals surface area contributed by atoms with Crippen molar-refractivity contribution in [2.75, 3.05) is 12.9 Å². The summed E-state index contributed by atoms with van der Waals surface area (Å²) in [6, 6.07) is 11.0. The highest BCUT2D eigenvalue weighted by molar-refractivity contribution is 9.10. The van der Waals surface area contributed by atoms with Crippen LogP contribution in [0.4, 0.5) is 0 Å². The number of thioether (sulfide) groups is 1. The number of benzene rings is 2. The lowest BCUT2D eigenvalue weighted by molar-refractivity contribution is -0.118. The van der Waals surface area contributed by atoms with Crippen LogP contribution in [-0.2, 0) is 4.79 Å². The smallest absolute Gasteiger partial charge is 0.250 e. The normalized spacial score (nSPS) is 11.2. The van der Waals surface area contributed by atoms with Crippen LogP contribution in [0, 0.1) is 0 Å². The van der Waals surface area contributed by atoms with Crippen LogP contribution in [-0.4, -0.2) is 40.1 Å². The SMILES string of the molecule is COc1cc(Br)cc(/C=N/NC(=O)CSc2nc3ccccc3[nH]2)c1O. The Labute approximate surface area is 162 Å². The molecule has 3 rings (SSSR count). The molecule has 3 aromatic rings. The zero-order chi connectivity index (χ0) is 18.5. The number of imidazole rings is 1. The van der Waals surface area contributed by atoms with Gasteiger partial charge in [0.05, 0.1) is 30.1 Å². The number of halogens is 1. The number of carbonyl (C=O) groups excluding carboxylic acids is 1. The summed E-state index contributed by atoms with van der Waals surface area (Å²) < 4.78 is 5.79. The predicted molar refractivity (Wildman–Crippen MR) is 105 cm³/mol. The average molecular weight is 435 g/mol. The molecule has 1 aromatic heterocycles. The average Bonchev–Trinajstić information content (AvgIpc) is 3.05. The van der Waals surface area contributed by atoms with E-state index in [9.17, 15) is 9.90 Å². The van der Waals surface area contributed by atoms with Crippen LogP contribution in [0.5, 0.6) is 11.5 Å². The van der Waals surface area contributed by atoms with Crippen LogP contribution in [0.15, 0.2) is 51.1 Å². The number of rotatable bonds is 6. The summed E-state index contributed by atoms with van der Waals surface area (Å²) >= 11 is 4.60. The zero-order valence-corrected chi connectivity index (χ0v) is 16.1. The first-order valence-corrected chi connectivity index (χ1v) is 9.30. The second-order valence-electron chi connectivity index (χ2n) is 5.19. The van der Waals surface area contributed by atoms with E-state index in [1.54, 1.807) is 12.1 Å². The number of para-hydroxylation sites is 2. The Kier molecular flexibility index (Phi) is 5.79. The van der Waals surface area contributed by atoms with Gasteiger partial charge in [0.25, 0.3) is 5.91 Å². The molecule has 9 heteroatoms. The Morgan fingerprint density at radius 2 is 2.27 bits per heavy atom. The Morgan fingerprint density at radius 3 is 3.04 bits per heavy atom. The van der Waals surface area contributed by atoms with E-state index in [1.807, 2.05) is 24.3 Å². The highest BCUT2D eigenvalue weighted by Gasteiger charge is 2.09. The molecule has 134 valence electrons. The van der Waals surface area contributed by atoms with Crippen molar-refractivity contribution in [3.8, 4) is 11.5 Å². The molecule has 3 N–H and O–H groups in total. The van der Waals surface area contributed by atoms with Crippen LogP contribution in [0.2, 0.25) is 0 Å². The minimum Gasteiger partial charge on any atom is -0.504 e. The van der Waals surface area contributed by atoms with Gasteiger partial charge in [0.15, 0.2) is 16.7 Å². The fourth-order valence-corrected chi connectivity index (χ4v) is 3.32. The number of nitrogens with zero attached hydrogens (tertiary/aromatic N) is 2. The van der Waals surface area contributed by atoms with Crippen LogP contribution in [0.25, 0.3) is 11.0 Å². The maximum atomic E-state index is 11.9. The Balaban J connectivity index is 1.57. The molecule has 1 amide bonds. The molecule has 7 nitrogen and oxygen atoms in total. The number of phenolic OH excluding ortho intramolecular Hbond substituents is 1. The largest absolute Gasteiger partial charge is 0.504 e. The molecular formula is C17H15BrN4O3S. The van der Waals surface area contributed by atoms with E-state index in [-0.39, 0.29) is 17.4 Å². The lowest BCUT2D eigenvalue weighted by atomic mass is 10.2. The first-order valence-electron chi connectivity index (χ1n) is 7.53. The number of fused-ring (bicyclic) bond motifs is 1. The third kappa shape index (κ3) is 4.36. The fourth-order valence-electron chi connectivity index (χ4n) is 2.19. The summed E-state index contributed by atoms with van der Waals surface area (Å²) in [5, 5.41) is 14.6. The lowest BCUT2D eigenvalue weighted by Crippen LogP contribution is -2.19. The van der Waals surface area contributed by atoms with Crippen molar-refractivity contribution < 1.29 is 14.6 Å². The molecule has 0 fully saturated rings. The number of aromatic hydroxyl groups is 1. The summed E-state index contributed by atoms with van der Waals surface area (Å²) in [7, 11) is 1.46. The second kappa shape index (κ2) is 8.24. The van der Waals surface area contributed by atoms with E-state index in [0.717, 1.165) is 15.5 Å². The number of aromatic amines is 1. The maximum Gasteiger partial charge on any atom is 0.250 e. The number of amides is 1. The quantitative estimate of drug-likeness (QED) is 0.314.